The Balaban J connectivity index is 1.41. The molecule has 1 saturated heterocycles. The van der Waals surface area contributed by atoms with Crippen LogP contribution in [-0.4, -0.2) is 46.8 Å². The maximum atomic E-state index is 13.0. The number of nitrogens with zero attached hydrogens (tertiary/aromatic N) is 4. The largest absolute Gasteiger partial charge is 0.368 e. The molecule has 0 N–H and O–H groups in total. The summed E-state index contributed by atoms with van der Waals surface area (Å²) in [5.41, 5.74) is 5.10. The number of carbonyl (C=O) groups is 1. The quantitative estimate of drug-likeness (QED) is 0.650. The Kier molecular flexibility index (Phi) is 5.58. The van der Waals surface area contributed by atoms with E-state index in [1.807, 2.05) is 65.0 Å². The molecule has 0 unspecified atom stereocenters. The van der Waals surface area contributed by atoms with Crippen molar-refractivity contribution >= 4 is 23.2 Å². The van der Waals surface area contributed by atoms with Gasteiger partial charge in [-0.15, -0.1) is 0 Å². The van der Waals surface area contributed by atoms with Crippen LogP contribution >= 0.6 is 11.6 Å². The maximum Gasteiger partial charge on any atom is 0.253 e. The third-order valence-electron chi connectivity index (χ3n) is 5.37. The lowest BCUT2D eigenvalue weighted by atomic mass is 10.1. The smallest absolute Gasteiger partial charge is 0.253 e. The number of benzene rings is 2. The number of anilines is 1. The van der Waals surface area contributed by atoms with Gasteiger partial charge in [0.05, 0.1) is 12.2 Å². The van der Waals surface area contributed by atoms with E-state index in [1.54, 1.807) is 0 Å². The summed E-state index contributed by atoms with van der Waals surface area (Å²) in [5, 5.41) is 5.26. The number of amides is 1. The molecule has 4 rings (SSSR count). The molecule has 1 amide bonds. The standard InChI is InChI=1S/C23H25ClN4O/c1-17-14-18(2)28(25-17)16-19-4-3-5-20(15-19)23(29)27-12-10-26(11-13-27)22-8-6-21(24)7-9-22/h3-9,14-15H,10-13,16H2,1-2H3. The number of aromatic nitrogens is 2. The lowest BCUT2D eigenvalue weighted by molar-refractivity contribution is 0.0746. The molecule has 5 nitrogen and oxygen atoms in total. The van der Waals surface area contributed by atoms with Crippen LogP contribution in [0.4, 0.5) is 5.69 Å². The molecule has 150 valence electrons. The van der Waals surface area contributed by atoms with Gasteiger partial charge in [0.2, 0.25) is 0 Å². The van der Waals surface area contributed by atoms with Gasteiger partial charge in [-0.3, -0.25) is 9.48 Å². The molecule has 29 heavy (non-hydrogen) atoms. The summed E-state index contributed by atoms with van der Waals surface area (Å²) in [6, 6.07) is 17.8. The molecule has 6 heteroatoms. The average Bonchev–Trinajstić information content (AvgIpc) is 3.05. The topological polar surface area (TPSA) is 41.4 Å². The number of carbonyl (C=O) groups excluding carboxylic acids is 1. The van der Waals surface area contributed by atoms with Gasteiger partial charge in [0.15, 0.2) is 0 Å². The Hall–Kier alpha value is -2.79. The van der Waals surface area contributed by atoms with Crippen molar-refractivity contribution in [1.82, 2.24) is 14.7 Å². The molecule has 0 saturated carbocycles. The number of rotatable bonds is 4. The summed E-state index contributed by atoms with van der Waals surface area (Å²) in [6.45, 7) is 7.78. The maximum absolute atomic E-state index is 13.0. The Labute approximate surface area is 176 Å². The van der Waals surface area contributed by atoms with Gasteiger partial charge in [-0.25, -0.2) is 0 Å². The first-order chi connectivity index (χ1) is 14.0. The minimum Gasteiger partial charge on any atom is -0.368 e. The Morgan fingerprint density at radius 1 is 1.00 bits per heavy atom. The highest BCUT2D eigenvalue weighted by molar-refractivity contribution is 6.30. The van der Waals surface area contributed by atoms with E-state index in [0.717, 1.165) is 46.3 Å². The van der Waals surface area contributed by atoms with Crippen LogP contribution in [0.5, 0.6) is 0 Å². The van der Waals surface area contributed by atoms with Crippen LogP contribution in [0, 0.1) is 13.8 Å². The molecule has 0 spiro atoms. The molecule has 0 atom stereocenters. The van der Waals surface area contributed by atoms with E-state index in [2.05, 4.69) is 23.0 Å². The highest BCUT2D eigenvalue weighted by Gasteiger charge is 2.22. The lowest BCUT2D eigenvalue weighted by Crippen LogP contribution is -2.48. The molecule has 3 aromatic rings. The van der Waals surface area contributed by atoms with Crippen molar-refractivity contribution in [3.8, 4) is 0 Å². The second kappa shape index (κ2) is 8.29. The zero-order valence-corrected chi connectivity index (χ0v) is 17.6. The van der Waals surface area contributed by atoms with Gasteiger partial charge in [0, 0.05) is 48.1 Å². The summed E-state index contributed by atoms with van der Waals surface area (Å²) in [5.74, 6) is 0.0935. The van der Waals surface area contributed by atoms with Crippen LogP contribution in [0.15, 0.2) is 54.6 Å². The van der Waals surface area contributed by atoms with Gasteiger partial charge in [0.1, 0.15) is 0 Å². The minimum absolute atomic E-state index is 0.0935. The molecular formula is C23H25ClN4O. The fourth-order valence-corrected chi connectivity index (χ4v) is 3.94. The van der Waals surface area contributed by atoms with E-state index in [4.69, 9.17) is 11.6 Å². The number of aryl methyl sites for hydroxylation is 2. The Bertz CT molecular complexity index is 1000. The second-order valence-corrected chi connectivity index (χ2v) is 7.98. The summed E-state index contributed by atoms with van der Waals surface area (Å²) in [7, 11) is 0. The minimum atomic E-state index is 0.0935. The fourth-order valence-electron chi connectivity index (χ4n) is 3.81. The average molecular weight is 409 g/mol. The van der Waals surface area contributed by atoms with Crippen LogP contribution in [0.2, 0.25) is 5.02 Å². The van der Waals surface area contributed by atoms with Crippen molar-refractivity contribution in [3.63, 3.8) is 0 Å². The normalized spacial score (nSPS) is 14.3. The molecule has 0 bridgehead atoms. The SMILES string of the molecule is Cc1cc(C)n(Cc2cccc(C(=O)N3CCN(c4ccc(Cl)cc4)CC3)c2)n1. The number of hydrogen-bond donors (Lipinski definition) is 0. The Morgan fingerprint density at radius 2 is 1.72 bits per heavy atom. The fraction of sp³-hybridized carbons (Fsp3) is 0.304. The van der Waals surface area contributed by atoms with Crippen molar-refractivity contribution in [2.24, 2.45) is 0 Å². The van der Waals surface area contributed by atoms with E-state index in [9.17, 15) is 4.79 Å². The van der Waals surface area contributed by atoms with Gasteiger partial charge < -0.3 is 9.80 Å². The highest BCUT2D eigenvalue weighted by atomic mass is 35.5. The molecule has 2 aromatic carbocycles. The first-order valence-electron chi connectivity index (χ1n) is 9.89. The second-order valence-electron chi connectivity index (χ2n) is 7.54. The lowest BCUT2D eigenvalue weighted by Gasteiger charge is -2.36. The molecule has 1 aliphatic rings. The third kappa shape index (κ3) is 4.46. The van der Waals surface area contributed by atoms with Gasteiger partial charge in [-0.2, -0.15) is 5.10 Å². The summed E-state index contributed by atoms with van der Waals surface area (Å²) < 4.78 is 1.98. The van der Waals surface area contributed by atoms with Crippen molar-refractivity contribution in [1.29, 1.82) is 0 Å². The van der Waals surface area contributed by atoms with E-state index in [0.29, 0.717) is 19.6 Å². The number of piperazine rings is 1. The molecule has 2 heterocycles. The van der Waals surface area contributed by atoms with Crippen LogP contribution in [0.25, 0.3) is 0 Å². The highest BCUT2D eigenvalue weighted by Crippen LogP contribution is 2.20. The van der Waals surface area contributed by atoms with Crippen molar-refractivity contribution in [2.75, 3.05) is 31.1 Å². The van der Waals surface area contributed by atoms with Crippen molar-refractivity contribution < 1.29 is 4.79 Å². The van der Waals surface area contributed by atoms with E-state index in [-0.39, 0.29) is 5.91 Å². The van der Waals surface area contributed by atoms with Crippen LogP contribution in [-0.2, 0) is 6.54 Å². The van der Waals surface area contributed by atoms with E-state index < -0.39 is 0 Å². The van der Waals surface area contributed by atoms with Crippen LogP contribution < -0.4 is 4.90 Å². The molecule has 1 aliphatic heterocycles. The third-order valence-corrected chi connectivity index (χ3v) is 5.62. The zero-order valence-electron chi connectivity index (χ0n) is 16.8. The number of halogens is 1. The van der Waals surface area contributed by atoms with Crippen molar-refractivity contribution in [2.45, 2.75) is 20.4 Å². The van der Waals surface area contributed by atoms with E-state index in [1.165, 1.54) is 0 Å². The molecule has 0 radical (unpaired) electrons. The predicted molar refractivity (Wildman–Crippen MR) is 117 cm³/mol. The molecule has 1 fully saturated rings. The molecule has 0 aliphatic carbocycles. The summed E-state index contributed by atoms with van der Waals surface area (Å²) in [4.78, 5) is 17.3. The van der Waals surface area contributed by atoms with Crippen LogP contribution in [0.1, 0.15) is 27.3 Å². The summed E-state index contributed by atoms with van der Waals surface area (Å²) >= 11 is 5.98. The molecule has 1 aromatic heterocycles. The Morgan fingerprint density at radius 3 is 2.38 bits per heavy atom. The predicted octanol–water partition coefficient (Wildman–Crippen LogP) is 4.16. The van der Waals surface area contributed by atoms with Gasteiger partial charge in [-0.05, 0) is 61.9 Å². The summed E-state index contributed by atoms with van der Waals surface area (Å²) in [6.07, 6.45) is 0. The van der Waals surface area contributed by atoms with Crippen LogP contribution in [0.3, 0.4) is 0 Å². The van der Waals surface area contributed by atoms with Gasteiger partial charge in [0.25, 0.3) is 5.91 Å². The first-order valence-corrected chi connectivity index (χ1v) is 10.3. The number of hydrogen-bond acceptors (Lipinski definition) is 3. The zero-order chi connectivity index (χ0) is 20.4. The monoisotopic (exact) mass is 408 g/mol. The molecular weight excluding hydrogens is 384 g/mol. The van der Waals surface area contributed by atoms with Gasteiger partial charge in [-0.1, -0.05) is 23.7 Å². The van der Waals surface area contributed by atoms with E-state index >= 15 is 0 Å². The first kappa shape index (κ1) is 19.5. The van der Waals surface area contributed by atoms with Gasteiger partial charge >= 0.3 is 0 Å². The van der Waals surface area contributed by atoms with Crippen molar-refractivity contribution in [3.05, 3.63) is 82.1 Å².